The lowest BCUT2D eigenvalue weighted by atomic mass is 9.97. The number of hydrogen-bond acceptors (Lipinski definition) is 17. The molecule has 1 unspecified atom stereocenters. The number of aliphatic carboxylic acids is 1. The molecule has 2 saturated heterocycles. The number of rotatable bonds is 10. The molecule has 0 amide bonds. The molecule has 0 aliphatic carbocycles. The molecule has 2 heterocycles. The Morgan fingerprint density at radius 3 is 1.64 bits per heavy atom. The van der Waals surface area contributed by atoms with Crippen molar-refractivity contribution >= 4 is 37.2 Å². The number of carbonyl (C=O) groups is 1. The van der Waals surface area contributed by atoms with Crippen LogP contribution in [-0.2, 0) is 62.8 Å². The number of hydrogen-bond donors (Lipinski definition) is 8. The second kappa shape index (κ2) is 11.3. The van der Waals surface area contributed by atoms with E-state index in [1.165, 1.54) is 0 Å². The van der Waals surface area contributed by atoms with Crippen LogP contribution in [-0.4, -0.2) is 138 Å². The zero-order valence-corrected chi connectivity index (χ0v) is 19.5. The summed E-state index contributed by atoms with van der Waals surface area (Å²) in [5, 5.41) is 49.3. The van der Waals surface area contributed by atoms with Gasteiger partial charge in [-0.1, -0.05) is 0 Å². The van der Waals surface area contributed by atoms with E-state index in [9.17, 15) is 55.6 Å². The van der Waals surface area contributed by atoms with Crippen molar-refractivity contribution in [3.05, 3.63) is 0 Å². The van der Waals surface area contributed by atoms with Gasteiger partial charge in [0.25, 0.3) is 0 Å². The summed E-state index contributed by atoms with van der Waals surface area (Å²) in [4.78, 5) is 11.5. The highest BCUT2D eigenvalue weighted by molar-refractivity contribution is 7.81. The highest BCUT2D eigenvalue weighted by Crippen LogP contribution is 2.33. The molecular weight excluding hydrogens is 576 g/mol. The van der Waals surface area contributed by atoms with E-state index in [0.717, 1.165) is 0 Å². The highest BCUT2D eigenvalue weighted by Gasteiger charge is 2.56. The smallest absolute Gasteiger partial charge is 0.397 e. The van der Waals surface area contributed by atoms with Gasteiger partial charge in [-0.3, -0.25) is 13.7 Å². The Balaban J connectivity index is 2.44. The molecule has 212 valence electrons. The molecule has 10 atom stereocenters. The molecule has 2 fully saturated rings. The fourth-order valence-electron chi connectivity index (χ4n) is 3.25. The van der Waals surface area contributed by atoms with E-state index in [0.29, 0.717) is 0 Å². The van der Waals surface area contributed by atoms with Crippen molar-refractivity contribution in [3.8, 4) is 0 Å². The lowest BCUT2D eigenvalue weighted by Gasteiger charge is -2.45. The molecule has 8 N–H and O–H groups in total. The van der Waals surface area contributed by atoms with E-state index in [4.69, 9.17) is 23.1 Å². The third-order valence-corrected chi connectivity index (χ3v) is 5.96. The first-order chi connectivity index (χ1) is 16.2. The van der Waals surface area contributed by atoms with Crippen LogP contribution in [0.25, 0.3) is 0 Å². The third kappa shape index (κ3) is 8.15. The molecule has 21 nitrogen and oxygen atoms in total. The number of carboxylic acid groups (broad SMARTS) is 1. The summed E-state index contributed by atoms with van der Waals surface area (Å²) < 4.78 is 120. The van der Waals surface area contributed by atoms with Gasteiger partial charge in [0.2, 0.25) is 0 Å². The van der Waals surface area contributed by atoms with E-state index >= 15 is 0 Å². The first-order valence-electron chi connectivity index (χ1n) is 9.05. The maximum atomic E-state index is 11.5. The molecule has 24 heteroatoms. The van der Waals surface area contributed by atoms with Crippen molar-refractivity contribution < 1.29 is 96.0 Å². The van der Waals surface area contributed by atoms with Gasteiger partial charge in [0.15, 0.2) is 24.8 Å². The number of carboxylic acids is 1. The van der Waals surface area contributed by atoms with Crippen LogP contribution in [0, 0.1) is 0 Å². The Kier molecular flexibility index (Phi) is 9.71. The maximum Gasteiger partial charge on any atom is 0.397 e. The predicted octanol–water partition coefficient (Wildman–Crippen LogP) is -5.82. The molecule has 0 bridgehead atoms. The minimum absolute atomic E-state index is 1.28. The standard InChI is InChI=1S/C12H20O21S3/c13-1-2-5(31-34(19,20)21)7(32-35(22,23)24)4(15)12(28-2)30-6-3(14)8(33-36(25,26)27)11(18)29-9(6)10(16)17/h2-9,11-15,18H,1H2,(H,16,17)(H,19,20,21)(H,22,23,24)(H,25,26,27)/t2-,3+,4-,5-,6+,7-,8-,9-,11?,12+/m1/s1. The van der Waals surface area contributed by atoms with Gasteiger partial charge in [0.05, 0.1) is 6.61 Å². The summed E-state index contributed by atoms with van der Waals surface area (Å²) in [6.45, 7) is -1.28. The lowest BCUT2D eigenvalue weighted by molar-refractivity contribution is -0.345. The van der Waals surface area contributed by atoms with Crippen molar-refractivity contribution in [2.75, 3.05) is 6.61 Å². The molecule has 0 radical (unpaired) electrons. The summed E-state index contributed by atoms with van der Waals surface area (Å²) in [6.07, 6.45) is -24.2. The highest BCUT2D eigenvalue weighted by atomic mass is 32.3. The molecule has 0 spiro atoms. The molecule has 0 saturated carbocycles. The third-order valence-electron chi connectivity index (χ3n) is 4.57. The van der Waals surface area contributed by atoms with Gasteiger partial charge in [-0.05, 0) is 0 Å². The molecule has 0 aromatic carbocycles. The minimum Gasteiger partial charge on any atom is -0.479 e. The topological polar surface area (TPSA) is 337 Å². The summed E-state index contributed by atoms with van der Waals surface area (Å²) in [5.41, 5.74) is 0. The monoisotopic (exact) mass is 596 g/mol. The summed E-state index contributed by atoms with van der Waals surface area (Å²) in [6, 6.07) is 0. The average molecular weight is 596 g/mol. The Labute approximate surface area is 201 Å². The number of aliphatic hydroxyl groups is 4. The molecule has 0 aromatic rings. The van der Waals surface area contributed by atoms with Gasteiger partial charge in [0, 0.05) is 0 Å². The molecule has 2 aliphatic rings. The Bertz CT molecular complexity index is 1100. The Hall–Kier alpha value is -1.20. The lowest BCUT2D eigenvalue weighted by Crippen LogP contribution is -2.66. The Morgan fingerprint density at radius 2 is 1.19 bits per heavy atom. The van der Waals surface area contributed by atoms with Crippen molar-refractivity contribution in [2.24, 2.45) is 0 Å². The summed E-state index contributed by atoms with van der Waals surface area (Å²) in [7, 11) is -16.4. The number of aliphatic hydroxyl groups excluding tert-OH is 4. The van der Waals surface area contributed by atoms with E-state index in [2.05, 4.69) is 17.3 Å². The van der Waals surface area contributed by atoms with Gasteiger partial charge in [0.1, 0.15) is 36.6 Å². The first-order valence-corrected chi connectivity index (χ1v) is 13.1. The Morgan fingerprint density at radius 1 is 0.722 bits per heavy atom. The van der Waals surface area contributed by atoms with Crippen molar-refractivity contribution in [1.82, 2.24) is 0 Å². The van der Waals surface area contributed by atoms with Crippen molar-refractivity contribution in [1.29, 1.82) is 0 Å². The fraction of sp³-hybridized carbons (Fsp3) is 0.917. The molecule has 36 heavy (non-hydrogen) atoms. The summed E-state index contributed by atoms with van der Waals surface area (Å²) in [5.74, 6) is -1.97. The van der Waals surface area contributed by atoms with Gasteiger partial charge >= 0.3 is 37.2 Å². The average Bonchev–Trinajstić information content (AvgIpc) is 2.68. The van der Waals surface area contributed by atoms with Crippen LogP contribution in [0.15, 0.2) is 0 Å². The fourth-order valence-corrected chi connectivity index (χ4v) is 4.76. The first kappa shape index (κ1) is 31.0. The van der Waals surface area contributed by atoms with Crippen LogP contribution < -0.4 is 0 Å². The van der Waals surface area contributed by atoms with Gasteiger partial charge < -0.3 is 39.7 Å². The van der Waals surface area contributed by atoms with Crippen LogP contribution in [0.3, 0.4) is 0 Å². The quantitative estimate of drug-likeness (QED) is 0.109. The van der Waals surface area contributed by atoms with Gasteiger partial charge in [-0.25, -0.2) is 17.3 Å². The summed E-state index contributed by atoms with van der Waals surface area (Å²) >= 11 is 0. The van der Waals surface area contributed by atoms with E-state index < -0.39 is 105 Å². The largest absolute Gasteiger partial charge is 0.479 e. The maximum absolute atomic E-state index is 11.5. The zero-order valence-electron chi connectivity index (χ0n) is 17.1. The zero-order chi connectivity index (χ0) is 27.8. The van der Waals surface area contributed by atoms with Crippen LogP contribution in [0.1, 0.15) is 0 Å². The van der Waals surface area contributed by atoms with Crippen molar-refractivity contribution in [3.63, 3.8) is 0 Å². The molecule has 2 rings (SSSR count). The van der Waals surface area contributed by atoms with Crippen molar-refractivity contribution in [2.45, 2.75) is 61.4 Å². The molecule has 0 aromatic heterocycles. The second-order valence-corrected chi connectivity index (χ2v) is 10.2. The molecule has 2 aliphatic heterocycles. The van der Waals surface area contributed by atoms with E-state index in [-0.39, 0.29) is 0 Å². The van der Waals surface area contributed by atoms with Crippen LogP contribution >= 0.6 is 0 Å². The SMILES string of the molecule is O=C(O)[C@@H]1OC(O)[C@H](OS(=O)(=O)O)[C@@H](O)[C@@H]1O[C@@H]1O[C@H](CO)[C@@H](OS(=O)(=O)O)[C@H](OS(=O)(=O)O)[C@H]1O. The van der Waals surface area contributed by atoms with E-state index in [1.54, 1.807) is 0 Å². The second-order valence-electron chi connectivity index (χ2n) is 7.06. The minimum atomic E-state index is -5.53. The van der Waals surface area contributed by atoms with Crippen LogP contribution in [0.2, 0.25) is 0 Å². The molecular formula is C12H20O21S3. The van der Waals surface area contributed by atoms with Crippen LogP contribution in [0.4, 0.5) is 0 Å². The van der Waals surface area contributed by atoms with Gasteiger partial charge in [-0.2, -0.15) is 25.3 Å². The van der Waals surface area contributed by atoms with Gasteiger partial charge in [-0.15, -0.1) is 0 Å². The van der Waals surface area contributed by atoms with E-state index in [1.807, 2.05) is 0 Å². The number of ether oxygens (including phenoxy) is 3. The normalized spacial score (nSPS) is 38.5. The predicted molar refractivity (Wildman–Crippen MR) is 100 cm³/mol. The van der Waals surface area contributed by atoms with Crippen LogP contribution in [0.5, 0.6) is 0 Å².